The molecule has 5 N–H and O–H groups in total. The zero-order valence-electron chi connectivity index (χ0n) is 6.76. The first-order valence-electron chi connectivity index (χ1n) is 2.95. The predicted molar refractivity (Wildman–Crippen MR) is 44.8 cm³/mol. The Bertz CT molecular complexity index is 299. The summed E-state index contributed by atoms with van der Waals surface area (Å²) in [5.74, 6) is 0. The van der Waals surface area contributed by atoms with Crippen LogP contribution < -0.4 is 0 Å². The lowest BCUT2D eigenvalue weighted by Gasteiger charge is -2.28. The van der Waals surface area contributed by atoms with Gasteiger partial charge in [-0.3, -0.25) is 18.2 Å². The second-order valence-corrected chi connectivity index (χ2v) is 7.36. The van der Waals surface area contributed by atoms with E-state index in [1.165, 1.54) is 0 Å². The monoisotopic (exact) mass is 270 g/mol. The van der Waals surface area contributed by atoms with E-state index in [1.807, 2.05) is 0 Å². The minimum Gasteiger partial charge on any atom is -0.326 e. The molecule has 0 aromatic carbocycles. The van der Waals surface area contributed by atoms with Gasteiger partial charge in [0.2, 0.25) is 0 Å². The van der Waals surface area contributed by atoms with Crippen molar-refractivity contribution in [2.24, 2.45) is 0 Å². The van der Waals surface area contributed by atoms with Crippen LogP contribution in [0.4, 0.5) is 0 Å². The minimum absolute atomic E-state index is 0.368. The van der Waals surface area contributed by atoms with Crippen molar-refractivity contribution < 1.29 is 42.7 Å². The van der Waals surface area contributed by atoms with Gasteiger partial charge in [0.25, 0.3) is 5.08 Å². The van der Waals surface area contributed by atoms with Crippen molar-refractivity contribution in [1.82, 2.24) is 0 Å². The summed E-state index contributed by atoms with van der Waals surface area (Å²) in [5, 5.41) is -3.29. The molecule has 0 amide bonds. The summed E-state index contributed by atoms with van der Waals surface area (Å²) in [6.45, 7) is 0.368. The summed E-state index contributed by atoms with van der Waals surface area (Å²) >= 11 is 0. The fourth-order valence-electron chi connectivity index (χ4n) is 0.454. The normalized spacial score (nSPS) is 16.7. The van der Waals surface area contributed by atoms with Gasteiger partial charge in [-0.05, 0) is 6.92 Å². The minimum atomic E-state index is -5.38. The van der Waals surface area contributed by atoms with E-state index in [0.29, 0.717) is 6.92 Å². The van der Waals surface area contributed by atoms with Crippen LogP contribution in [0.2, 0.25) is 0 Å². The number of hydrogen-bond donors (Lipinski definition) is 5. The molecule has 0 aromatic heterocycles. The maximum Gasteiger partial charge on any atom is 0.369 e. The molecule has 9 nitrogen and oxygen atoms in total. The lowest BCUT2D eigenvalue weighted by Crippen LogP contribution is -2.26. The molecule has 0 bridgehead atoms. The summed E-state index contributed by atoms with van der Waals surface area (Å²) < 4.78 is 35.3. The smallest absolute Gasteiger partial charge is 0.326 e. The van der Waals surface area contributed by atoms with Crippen molar-refractivity contribution in [3.8, 4) is 0 Å². The lowest BCUT2D eigenvalue weighted by molar-refractivity contribution is 0.158. The van der Waals surface area contributed by atoms with Crippen molar-refractivity contribution >= 4 is 23.4 Å². The highest BCUT2D eigenvalue weighted by atomic mass is 31.2. The van der Waals surface area contributed by atoms with Crippen LogP contribution in [0.3, 0.4) is 0 Å². The van der Waals surface area contributed by atoms with Crippen molar-refractivity contribution in [2.75, 3.05) is 0 Å². The highest BCUT2D eigenvalue weighted by molar-refractivity contribution is 7.72. The Morgan fingerprint density at radius 3 is 1.50 bits per heavy atom. The molecule has 0 radical (unpaired) electrons. The van der Waals surface area contributed by atoms with E-state index in [0.717, 1.165) is 0 Å². The van der Waals surface area contributed by atoms with Crippen LogP contribution in [0.25, 0.3) is 0 Å². The van der Waals surface area contributed by atoms with E-state index >= 15 is 0 Å². The molecule has 0 aliphatic rings. The molecule has 0 aromatic rings. The van der Waals surface area contributed by atoms with E-state index in [1.54, 1.807) is 0 Å². The highest BCUT2D eigenvalue weighted by Crippen LogP contribution is 2.71. The van der Waals surface area contributed by atoms with Gasteiger partial charge in [-0.2, -0.15) is 0 Å². The average molecular weight is 270 g/mol. The average Bonchev–Trinajstić information content (AvgIpc) is 1.79. The molecule has 0 saturated heterocycles. The largest absolute Gasteiger partial charge is 0.369 e. The van der Waals surface area contributed by atoms with Gasteiger partial charge < -0.3 is 24.5 Å². The van der Waals surface area contributed by atoms with E-state index in [2.05, 4.69) is 4.52 Å². The molecule has 86 valence electrons. The number of rotatable bonds is 4. The van der Waals surface area contributed by atoms with E-state index < -0.39 is 28.5 Å². The summed E-state index contributed by atoms with van der Waals surface area (Å²) in [7, 11) is -14.7. The molecular weight excluding hydrogens is 261 g/mol. The molecule has 1 atom stereocenters. The fraction of sp³-hybridized carbons (Fsp3) is 1.00. The third kappa shape index (κ3) is 2.97. The molecule has 1 unspecified atom stereocenters. The Hall–Kier alpha value is 0.450. The van der Waals surface area contributed by atoms with Gasteiger partial charge in [0, 0.05) is 0 Å². The van der Waals surface area contributed by atoms with Gasteiger partial charge in [-0.25, -0.2) is 0 Å². The molecule has 0 aliphatic heterocycles. The summed E-state index contributed by atoms with van der Waals surface area (Å²) in [4.78, 5) is 42.6. The van der Waals surface area contributed by atoms with Crippen molar-refractivity contribution in [2.45, 2.75) is 12.0 Å². The van der Waals surface area contributed by atoms with Crippen LogP contribution in [0.15, 0.2) is 0 Å². The fourth-order valence-corrected chi connectivity index (χ4v) is 3.56. The SMILES string of the molecule is CC(O[PH](=O)O)(P(=O)(O)O)P(=O)(O)O. The van der Waals surface area contributed by atoms with Crippen LogP contribution in [0.5, 0.6) is 0 Å². The highest BCUT2D eigenvalue weighted by Gasteiger charge is 2.59. The Kier molecular flexibility index (Phi) is 4.27. The molecule has 0 fully saturated rings. The first kappa shape index (κ1) is 14.5. The van der Waals surface area contributed by atoms with Crippen LogP contribution in [-0.2, 0) is 18.2 Å². The summed E-state index contributed by atoms with van der Waals surface area (Å²) in [5.41, 5.74) is 0. The van der Waals surface area contributed by atoms with Crippen LogP contribution in [0.1, 0.15) is 6.92 Å². The first-order chi connectivity index (χ1) is 5.92. The van der Waals surface area contributed by atoms with Gasteiger partial charge >= 0.3 is 23.4 Å². The quantitative estimate of drug-likeness (QED) is 0.420. The standard InChI is InChI=1S/C2H9O9P3/c1-2(11-12(3)4,13(5,6)7)14(8,9)10/h12H,1H3,(H,3,4)(H2,5,6,7)(H2,8,9,10). The van der Waals surface area contributed by atoms with Crippen molar-refractivity contribution in [3.63, 3.8) is 0 Å². The molecule has 0 aliphatic carbocycles. The van der Waals surface area contributed by atoms with Gasteiger partial charge in [0.05, 0.1) is 0 Å². The van der Waals surface area contributed by atoms with Crippen LogP contribution >= 0.6 is 23.4 Å². The zero-order valence-corrected chi connectivity index (χ0v) is 9.55. The zero-order chi connectivity index (χ0) is 11.8. The van der Waals surface area contributed by atoms with Crippen molar-refractivity contribution in [3.05, 3.63) is 0 Å². The Balaban J connectivity index is 5.41. The van der Waals surface area contributed by atoms with E-state index in [9.17, 15) is 13.7 Å². The molecule has 0 heterocycles. The van der Waals surface area contributed by atoms with E-state index in [-0.39, 0.29) is 0 Å². The van der Waals surface area contributed by atoms with Crippen LogP contribution in [0, 0.1) is 0 Å². The first-order valence-corrected chi connectivity index (χ1v) is 7.44. The topological polar surface area (TPSA) is 162 Å². The second kappa shape index (κ2) is 4.14. The predicted octanol–water partition coefficient (Wildman–Crippen LogP) is -0.586. The van der Waals surface area contributed by atoms with Gasteiger partial charge in [0.15, 0.2) is 0 Å². The third-order valence-corrected chi connectivity index (χ3v) is 6.20. The Labute approximate surface area is 79.0 Å². The molecule has 0 rings (SSSR count). The van der Waals surface area contributed by atoms with Gasteiger partial charge in [0.1, 0.15) is 0 Å². The molecule has 12 heteroatoms. The molecular formula is C2H9O9P3. The van der Waals surface area contributed by atoms with Gasteiger partial charge in [-0.1, -0.05) is 0 Å². The maximum atomic E-state index is 10.7. The molecule has 14 heavy (non-hydrogen) atoms. The Morgan fingerprint density at radius 2 is 1.43 bits per heavy atom. The molecule has 0 spiro atoms. The van der Waals surface area contributed by atoms with Crippen molar-refractivity contribution in [1.29, 1.82) is 0 Å². The third-order valence-electron chi connectivity index (χ3n) is 1.36. The van der Waals surface area contributed by atoms with Crippen LogP contribution in [-0.4, -0.2) is 29.6 Å². The maximum absolute atomic E-state index is 10.7. The molecule has 0 saturated carbocycles. The van der Waals surface area contributed by atoms with Gasteiger partial charge in [-0.15, -0.1) is 0 Å². The summed E-state index contributed by atoms with van der Waals surface area (Å²) in [6.07, 6.45) is 0. The second-order valence-electron chi connectivity index (χ2n) is 2.39. The lowest BCUT2D eigenvalue weighted by atomic mass is 10.9. The van der Waals surface area contributed by atoms with E-state index in [4.69, 9.17) is 24.5 Å². The number of hydrogen-bond acceptors (Lipinski definition) is 4. The summed E-state index contributed by atoms with van der Waals surface area (Å²) in [6, 6.07) is 0. The Morgan fingerprint density at radius 1 is 1.14 bits per heavy atom.